The van der Waals surface area contributed by atoms with Crippen LogP contribution >= 0.6 is 0 Å². The molecule has 0 aromatic heterocycles. The summed E-state index contributed by atoms with van der Waals surface area (Å²) in [4.78, 5) is 14.3. The SMILES string of the molecule is NCC1(CC(=O)NCCN2CCCCC2)CCC1. The number of hydrogen-bond acceptors (Lipinski definition) is 3. The molecule has 0 atom stereocenters. The summed E-state index contributed by atoms with van der Waals surface area (Å²) in [6.07, 6.45) is 8.10. The summed E-state index contributed by atoms with van der Waals surface area (Å²) in [7, 11) is 0. The summed E-state index contributed by atoms with van der Waals surface area (Å²) in [5, 5.41) is 3.05. The molecule has 2 fully saturated rings. The maximum Gasteiger partial charge on any atom is 0.220 e. The first-order valence-electron chi connectivity index (χ1n) is 7.43. The number of carbonyl (C=O) groups is 1. The molecule has 0 spiro atoms. The molecule has 0 aromatic carbocycles. The minimum absolute atomic E-state index is 0.134. The van der Waals surface area contributed by atoms with E-state index in [9.17, 15) is 4.79 Å². The van der Waals surface area contributed by atoms with Gasteiger partial charge in [-0.15, -0.1) is 0 Å². The van der Waals surface area contributed by atoms with Crippen molar-refractivity contribution in [3.8, 4) is 0 Å². The number of carbonyl (C=O) groups excluding carboxylic acids is 1. The lowest BCUT2D eigenvalue weighted by atomic mass is 9.66. The van der Waals surface area contributed by atoms with Gasteiger partial charge in [0.15, 0.2) is 0 Å². The van der Waals surface area contributed by atoms with Crippen molar-refractivity contribution in [2.24, 2.45) is 11.1 Å². The van der Waals surface area contributed by atoms with E-state index < -0.39 is 0 Å². The Hall–Kier alpha value is -0.610. The second-order valence-corrected chi connectivity index (χ2v) is 5.99. The van der Waals surface area contributed by atoms with Crippen LogP contribution < -0.4 is 11.1 Å². The van der Waals surface area contributed by atoms with Gasteiger partial charge >= 0.3 is 0 Å². The zero-order valence-electron chi connectivity index (χ0n) is 11.4. The molecule has 1 amide bonds. The van der Waals surface area contributed by atoms with Crippen LogP contribution in [0.3, 0.4) is 0 Å². The predicted octanol–water partition coefficient (Wildman–Crippen LogP) is 1.11. The third kappa shape index (κ3) is 3.69. The molecule has 0 radical (unpaired) electrons. The zero-order chi connectivity index (χ0) is 12.8. The van der Waals surface area contributed by atoms with Crippen LogP contribution in [0.15, 0.2) is 0 Å². The Morgan fingerprint density at radius 2 is 1.89 bits per heavy atom. The number of likely N-dealkylation sites (tertiary alicyclic amines) is 1. The molecule has 0 unspecified atom stereocenters. The van der Waals surface area contributed by atoms with Crippen LogP contribution in [0.1, 0.15) is 44.9 Å². The van der Waals surface area contributed by atoms with E-state index in [0.29, 0.717) is 13.0 Å². The van der Waals surface area contributed by atoms with Crippen LogP contribution in [-0.4, -0.2) is 43.5 Å². The number of hydrogen-bond donors (Lipinski definition) is 2. The fourth-order valence-corrected chi connectivity index (χ4v) is 3.07. The highest BCUT2D eigenvalue weighted by molar-refractivity contribution is 5.76. The summed E-state index contributed by atoms with van der Waals surface area (Å²) in [5.41, 5.74) is 5.91. The molecular weight excluding hydrogens is 226 g/mol. The molecule has 4 heteroatoms. The Morgan fingerprint density at radius 1 is 1.17 bits per heavy atom. The van der Waals surface area contributed by atoms with E-state index in [0.717, 1.165) is 25.9 Å². The van der Waals surface area contributed by atoms with Gasteiger partial charge in [0.05, 0.1) is 0 Å². The number of nitrogens with zero attached hydrogens (tertiary/aromatic N) is 1. The average molecular weight is 253 g/mol. The van der Waals surface area contributed by atoms with E-state index in [4.69, 9.17) is 5.73 Å². The second-order valence-electron chi connectivity index (χ2n) is 5.99. The van der Waals surface area contributed by atoms with E-state index in [1.54, 1.807) is 0 Å². The lowest BCUT2D eigenvalue weighted by molar-refractivity contribution is -0.124. The molecule has 1 aliphatic carbocycles. The maximum atomic E-state index is 11.9. The van der Waals surface area contributed by atoms with Crippen LogP contribution in [-0.2, 0) is 4.79 Å². The van der Waals surface area contributed by atoms with Crippen LogP contribution in [0.4, 0.5) is 0 Å². The Morgan fingerprint density at radius 3 is 2.44 bits per heavy atom. The van der Waals surface area contributed by atoms with E-state index in [2.05, 4.69) is 10.2 Å². The minimum atomic E-state index is 0.134. The molecule has 1 aliphatic heterocycles. The van der Waals surface area contributed by atoms with Crippen molar-refractivity contribution in [1.82, 2.24) is 10.2 Å². The Labute approximate surface area is 110 Å². The van der Waals surface area contributed by atoms with Gasteiger partial charge in [0.2, 0.25) is 5.91 Å². The first-order valence-corrected chi connectivity index (χ1v) is 7.43. The molecule has 1 saturated heterocycles. The van der Waals surface area contributed by atoms with Gasteiger partial charge in [0.1, 0.15) is 0 Å². The highest BCUT2D eigenvalue weighted by atomic mass is 16.1. The van der Waals surface area contributed by atoms with Crippen molar-refractivity contribution >= 4 is 5.91 Å². The smallest absolute Gasteiger partial charge is 0.220 e. The van der Waals surface area contributed by atoms with Crippen molar-refractivity contribution in [2.45, 2.75) is 44.9 Å². The van der Waals surface area contributed by atoms with Crippen molar-refractivity contribution in [3.05, 3.63) is 0 Å². The summed E-state index contributed by atoms with van der Waals surface area (Å²) >= 11 is 0. The maximum absolute atomic E-state index is 11.9. The lowest BCUT2D eigenvalue weighted by Gasteiger charge is -2.40. The van der Waals surface area contributed by atoms with Crippen LogP contribution in [0.2, 0.25) is 0 Å². The predicted molar refractivity (Wildman–Crippen MR) is 73.3 cm³/mol. The second kappa shape index (κ2) is 6.53. The van der Waals surface area contributed by atoms with Gasteiger partial charge in [-0.1, -0.05) is 12.8 Å². The van der Waals surface area contributed by atoms with Gasteiger partial charge in [-0.3, -0.25) is 4.79 Å². The summed E-state index contributed by atoms with van der Waals surface area (Å²) in [5.74, 6) is 0.192. The molecule has 4 nitrogen and oxygen atoms in total. The quantitative estimate of drug-likeness (QED) is 0.745. The molecule has 1 saturated carbocycles. The Kier molecular flexibility index (Phi) is 5.01. The number of rotatable bonds is 6. The first-order chi connectivity index (χ1) is 8.74. The largest absolute Gasteiger partial charge is 0.355 e. The van der Waals surface area contributed by atoms with Crippen LogP contribution in [0, 0.1) is 5.41 Å². The topological polar surface area (TPSA) is 58.4 Å². The summed E-state index contributed by atoms with van der Waals surface area (Å²) in [6.45, 7) is 4.85. The highest BCUT2D eigenvalue weighted by Gasteiger charge is 2.37. The van der Waals surface area contributed by atoms with E-state index in [1.165, 1.54) is 38.8 Å². The van der Waals surface area contributed by atoms with Gasteiger partial charge in [-0.2, -0.15) is 0 Å². The van der Waals surface area contributed by atoms with E-state index in [-0.39, 0.29) is 11.3 Å². The number of nitrogens with one attached hydrogen (secondary N) is 1. The van der Waals surface area contributed by atoms with Gasteiger partial charge < -0.3 is 16.0 Å². The van der Waals surface area contributed by atoms with Gasteiger partial charge in [-0.05, 0) is 50.7 Å². The molecule has 2 aliphatic rings. The van der Waals surface area contributed by atoms with Crippen molar-refractivity contribution in [2.75, 3.05) is 32.7 Å². The van der Waals surface area contributed by atoms with E-state index in [1.807, 2.05) is 0 Å². The fourth-order valence-electron chi connectivity index (χ4n) is 3.07. The molecular formula is C14H27N3O. The zero-order valence-corrected chi connectivity index (χ0v) is 11.4. The van der Waals surface area contributed by atoms with Crippen LogP contribution in [0.5, 0.6) is 0 Å². The first kappa shape index (κ1) is 13.8. The Balaban J connectivity index is 1.59. The number of piperidine rings is 1. The van der Waals surface area contributed by atoms with Gasteiger partial charge in [0.25, 0.3) is 0 Å². The van der Waals surface area contributed by atoms with Crippen molar-refractivity contribution in [1.29, 1.82) is 0 Å². The number of amides is 1. The third-order valence-corrected chi connectivity index (χ3v) is 4.58. The fraction of sp³-hybridized carbons (Fsp3) is 0.929. The van der Waals surface area contributed by atoms with Gasteiger partial charge in [-0.25, -0.2) is 0 Å². The van der Waals surface area contributed by atoms with Crippen molar-refractivity contribution in [3.63, 3.8) is 0 Å². The number of nitrogens with two attached hydrogens (primary N) is 1. The molecule has 2 rings (SSSR count). The van der Waals surface area contributed by atoms with Gasteiger partial charge in [0, 0.05) is 19.5 Å². The summed E-state index contributed by atoms with van der Waals surface area (Å²) in [6, 6.07) is 0. The normalized spacial score (nSPS) is 23.4. The van der Waals surface area contributed by atoms with Crippen molar-refractivity contribution < 1.29 is 4.79 Å². The van der Waals surface area contributed by atoms with E-state index >= 15 is 0 Å². The highest BCUT2D eigenvalue weighted by Crippen LogP contribution is 2.42. The average Bonchev–Trinajstić information content (AvgIpc) is 2.35. The third-order valence-electron chi connectivity index (χ3n) is 4.58. The molecule has 0 aromatic rings. The Bertz CT molecular complexity index is 265. The minimum Gasteiger partial charge on any atom is -0.355 e. The molecule has 3 N–H and O–H groups in total. The molecule has 104 valence electrons. The lowest BCUT2D eigenvalue weighted by Crippen LogP contribution is -2.43. The molecule has 1 heterocycles. The molecule has 18 heavy (non-hydrogen) atoms. The standard InChI is InChI=1S/C14H27N3O/c15-12-14(5-4-6-14)11-13(18)16-7-10-17-8-2-1-3-9-17/h1-12,15H2,(H,16,18). The van der Waals surface area contributed by atoms with Crippen LogP contribution in [0.25, 0.3) is 0 Å². The summed E-state index contributed by atoms with van der Waals surface area (Å²) < 4.78 is 0. The molecule has 0 bridgehead atoms. The monoisotopic (exact) mass is 253 g/mol.